The summed E-state index contributed by atoms with van der Waals surface area (Å²) in [4.78, 5) is 12.4. The molecular formula is C17H21NO2. The highest BCUT2D eigenvalue weighted by molar-refractivity contribution is 5.94. The highest BCUT2D eigenvalue weighted by Gasteiger charge is 2.51. The molecule has 1 amide bonds. The van der Waals surface area contributed by atoms with Crippen LogP contribution in [0.1, 0.15) is 48.9 Å². The highest BCUT2D eigenvalue weighted by atomic mass is 16.3. The van der Waals surface area contributed by atoms with Gasteiger partial charge in [-0.25, -0.2) is 0 Å². The minimum atomic E-state index is 0.0203. The monoisotopic (exact) mass is 271 g/mol. The van der Waals surface area contributed by atoms with Crippen LogP contribution >= 0.6 is 0 Å². The maximum Gasteiger partial charge on any atom is 0.251 e. The number of hydrogen-bond donors (Lipinski definition) is 2. The number of phenolic OH excluding ortho intramolecular Hbond substituents is 1. The Labute approximate surface area is 119 Å². The topological polar surface area (TPSA) is 49.3 Å². The van der Waals surface area contributed by atoms with Gasteiger partial charge in [0, 0.05) is 11.1 Å². The predicted molar refractivity (Wildman–Crippen MR) is 76.5 cm³/mol. The molecule has 106 valence electrons. The molecule has 0 atom stereocenters. The van der Waals surface area contributed by atoms with Gasteiger partial charge < -0.3 is 10.4 Å². The number of carbonyl (C=O) groups is 1. The van der Waals surface area contributed by atoms with Gasteiger partial charge >= 0.3 is 0 Å². The van der Waals surface area contributed by atoms with Crippen LogP contribution in [0, 0.1) is 17.8 Å². The Morgan fingerprint density at radius 1 is 1.00 bits per heavy atom. The van der Waals surface area contributed by atoms with Gasteiger partial charge in [0.05, 0.1) is 0 Å². The first kappa shape index (κ1) is 12.2. The largest absolute Gasteiger partial charge is 0.508 e. The van der Waals surface area contributed by atoms with E-state index in [1.165, 1.54) is 38.5 Å². The standard InChI is InChI=1S/C17H21NO2/c19-15-3-1-14(2-4-15)16(20)18-17-8-11-5-12(9-17)7-13(6-11)10-17/h1-4,11-13,19H,5-10H2,(H,18,20). The lowest BCUT2D eigenvalue weighted by Gasteiger charge is -2.56. The molecule has 20 heavy (non-hydrogen) atoms. The fourth-order valence-electron chi connectivity index (χ4n) is 5.19. The molecule has 0 heterocycles. The summed E-state index contributed by atoms with van der Waals surface area (Å²) in [7, 11) is 0. The van der Waals surface area contributed by atoms with Crippen LogP contribution in [0.15, 0.2) is 24.3 Å². The number of carbonyl (C=O) groups excluding carboxylic acids is 1. The molecule has 4 aliphatic rings. The second kappa shape index (κ2) is 4.24. The molecule has 0 aliphatic heterocycles. The second-order valence-electron chi connectivity index (χ2n) is 7.20. The van der Waals surface area contributed by atoms with E-state index in [2.05, 4.69) is 5.32 Å². The van der Waals surface area contributed by atoms with Crippen molar-refractivity contribution in [3.63, 3.8) is 0 Å². The molecule has 4 aliphatic carbocycles. The molecule has 1 aromatic carbocycles. The fraction of sp³-hybridized carbons (Fsp3) is 0.588. The van der Waals surface area contributed by atoms with Gasteiger partial charge in [-0.2, -0.15) is 0 Å². The van der Waals surface area contributed by atoms with Gasteiger partial charge in [0.25, 0.3) is 5.91 Å². The van der Waals surface area contributed by atoms with Crippen LogP contribution in [-0.2, 0) is 0 Å². The Balaban J connectivity index is 1.53. The Bertz CT molecular complexity index is 499. The molecular weight excluding hydrogens is 250 g/mol. The molecule has 0 spiro atoms. The second-order valence-corrected chi connectivity index (χ2v) is 7.20. The van der Waals surface area contributed by atoms with Gasteiger partial charge in [0.2, 0.25) is 0 Å². The lowest BCUT2D eigenvalue weighted by molar-refractivity contribution is -0.0167. The molecule has 0 saturated heterocycles. The van der Waals surface area contributed by atoms with E-state index >= 15 is 0 Å². The van der Waals surface area contributed by atoms with Gasteiger partial charge in [-0.15, -0.1) is 0 Å². The van der Waals surface area contributed by atoms with Gasteiger partial charge in [-0.3, -0.25) is 4.79 Å². The molecule has 4 bridgehead atoms. The zero-order valence-electron chi connectivity index (χ0n) is 11.6. The minimum Gasteiger partial charge on any atom is -0.508 e. The Hall–Kier alpha value is -1.51. The molecule has 4 fully saturated rings. The molecule has 0 radical (unpaired) electrons. The Morgan fingerprint density at radius 2 is 1.50 bits per heavy atom. The fourth-order valence-corrected chi connectivity index (χ4v) is 5.19. The van der Waals surface area contributed by atoms with E-state index < -0.39 is 0 Å². The van der Waals surface area contributed by atoms with E-state index in [0.717, 1.165) is 17.8 Å². The van der Waals surface area contributed by atoms with Crippen LogP contribution in [0.2, 0.25) is 0 Å². The molecule has 5 rings (SSSR count). The smallest absolute Gasteiger partial charge is 0.251 e. The van der Waals surface area contributed by atoms with E-state index in [4.69, 9.17) is 0 Å². The van der Waals surface area contributed by atoms with Crippen molar-refractivity contribution in [2.75, 3.05) is 0 Å². The first-order valence-corrected chi connectivity index (χ1v) is 7.73. The number of aromatic hydroxyl groups is 1. The summed E-state index contributed by atoms with van der Waals surface area (Å²) in [6.07, 6.45) is 7.66. The molecule has 2 N–H and O–H groups in total. The molecule has 3 heteroatoms. The summed E-state index contributed by atoms with van der Waals surface area (Å²) >= 11 is 0. The maximum atomic E-state index is 12.4. The van der Waals surface area contributed by atoms with Crippen LogP contribution in [0.3, 0.4) is 0 Å². The van der Waals surface area contributed by atoms with Crippen molar-refractivity contribution < 1.29 is 9.90 Å². The average molecular weight is 271 g/mol. The maximum absolute atomic E-state index is 12.4. The number of hydrogen-bond acceptors (Lipinski definition) is 2. The van der Waals surface area contributed by atoms with Crippen LogP contribution < -0.4 is 5.32 Å². The predicted octanol–water partition coefficient (Wildman–Crippen LogP) is 3.09. The number of phenols is 1. The molecule has 3 nitrogen and oxygen atoms in total. The van der Waals surface area contributed by atoms with Crippen LogP contribution in [0.4, 0.5) is 0 Å². The lowest BCUT2D eigenvalue weighted by Crippen LogP contribution is -2.59. The van der Waals surface area contributed by atoms with Crippen molar-refractivity contribution in [2.45, 2.75) is 44.1 Å². The van der Waals surface area contributed by atoms with E-state index in [9.17, 15) is 9.90 Å². The Kier molecular flexibility index (Phi) is 2.60. The third kappa shape index (κ3) is 2.00. The summed E-state index contributed by atoms with van der Waals surface area (Å²) in [5.41, 5.74) is 0.711. The zero-order chi connectivity index (χ0) is 13.7. The van der Waals surface area contributed by atoms with E-state index in [0.29, 0.717) is 5.56 Å². The molecule has 1 aromatic rings. The quantitative estimate of drug-likeness (QED) is 0.868. The minimum absolute atomic E-state index is 0.0203. The summed E-state index contributed by atoms with van der Waals surface area (Å²) in [6.45, 7) is 0. The third-order valence-corrected chi connectivity index (χ3v) is 5.55. The SMILES string of the molecule is O=C(NC12CC3CC(CC(C3)C1)C2)c1ccc(O)cc1. The van der Waals surface area contributed by atoms with Crippen molar-refractivity contribution in [3.8, 4) is 5.75 Å². The summed E-state index contributed by atoms with van der Waals surface area (Å²) in [6, 6.07) is 6.56. The van der Waals surface area contributed by atoms with E-state index in [-0.39, 0.29) is 17.2 Å². The normalized spacial score (nSPS) is 37.9. The van der Waals surface area contributed by atoms with Crippen LogP contribution in [-0.4, -0.2) is 16.6 Å². The first-order valence-electron chi connectivity index (χ1n) is 7.73. The third-order valence-electron chi connectivity index (χ3n) is 5.55. The van der Waals surface area contributed by atoms with Gasteiger partial charge in [-0.1, -0.05) is 0 Å². The zero-order valence-corrected chi connectivity index (χ0v) is 11.6. The number of nitrogens with one attached hydrogen (secondary N) is 1. The number of benzene rings is 1. The van der Waals surface area contributed by atoms with Gasteiger partial charge in [-0.05, 0) is 80.5 Å². The first-order chi connectivity index (χ1) is 9.62. The van der Waals surface area contributed by atoms with Crippen molar-refractivity contribution >= 4 is 5.91 Å². The van der Waals surface area contributed by atoms with E-state index in [1.807, 2.05) is 0 Å². The van der Waals surface area contributed by atoms with Gasteiger partial charge in [0.15, 0.2) is 0 Å². The van der Waals surface area contributed by atoms with E-state index in [1.54, 1.807) is 24.3 Å². The number of amides is 1. The lowest BCUT2D eigenvalue weighted by atomic mass is 9.53. The molecule has 4 saturated carbocycles. The summed E-state index contributed by atoms with van der Waals surface area (Å²) in [5, 5.41) is 12.6. The van der Waals surface area contributed by atoms with Gasteiger partial charge in [0.1, 0.15) is 5.75 Å². The van der Waals surface area contributed by atoms with Crippen LogP contribution in [0.25, 0.3) is 0 Å². The summed E-state index contributed by atoms with van der Waals surface area (Å²) in [5.74, 6) is 2.73. The van der Waals surface area contributed by atoms with Crippen molar-refractivity contribution in [3.05, 3.63) is 29.8 Å². The van der Waals surface area contributed by atoms with Crippen LogP contribution in [0.5, 0.6) is 5.75 Å². The molecule has 0 unspecified atom stereocenters. The van der Waals surface area contributed by atoms with Crippen molar-refractivity contribution in [1.29, 1.82) is 0 Å². The average Bonchev–Trinajstić information content (AvgIpc) is 2.37. The van der Waals surface area contributed by atoms with Crippen molar-refractivity contribution in [1.82, 2.24) is 5.32 Å². The van der Waals surface area contributed by atoms with Crippen molar-refractivity contribution in [2.24, 2.45) is 17.8 Å². The highest BCUT2D eigenvalue weighted by Crippen LogP contribution is 2.55. The molecule has 0 aromatic heterocycles. The number of rotatable bonds is 2. The summed E-state index contributed by atoms with van der Waals surface area (Å²) < 4.78 is 0. The Morgan fingerprint density at radius 3 is 2.00 bits per heavy atom.